The first kappa shape index (κ1) is 13.4. The fourth-order valence-electron chi connectivity index (χ4n) is 1.42. The molecule has 0 amide bonds. The molecule has 0 aromatic carbocycles. The summed E-state index contributed by atoms with van der Waals surface area (Å²) in [5.74, 6) is 0.0583. The van der Waals surface area contributed by atoms with Crippen molar-refractivity contribution < 1.29 is 4.79 Å². The summed E-state index contributed by atoms with van der Waals surface area (Å²) in [5, 5.41) is 4.17. The van der Waals surface area contributed by atoms with Gasteiger partial charge in [-0.3, -0.25) is 9.48 Å². The monoisotopic (exact) mass is 287 g/mol. The van der Waals surface area contributed by atoms with Crippen molar-refractivity contribution >= 4 is 21.7 Å². The van der Waals surface area contributed by atoms with Crippen LogP contribution in [0.4, 0.5) is 0 Å². The number of carbonyl (C=O) groups is 1. The van der Waals surface area contributed by atoms with Gasteiger partial charge in [0.2, 0.25) is 0 Å². The molecule has 4 nitrogen and oxygen atoms in total. The third-order valence-electron chi connectivity index (χ3n) is 2.49. The summed E-state index contributed by atoms with van der Waals surface area (Å²) in [6.45, 7) is 7.84. The summed E-state index contributed by atoms with van der Waals surface area (Å²) in [7, 11) is 0. The number of hydrogen-bond acceptors (Lipinski definition) is 3. The van der Waals surface area contributed by atoms with Crippen molar-refractivity contribution in [3.05, 3.63) is 16.4 Å². The second-order valence-corrected chi connectivity index (χ2v) is 5.37. The molecule has 0 bridgehead atoms. The van der Waals surface area contributed by atoms with E-state index in [1.807, 2.05) is 27.7 Å². The van der Waals surface area contributed by atoms with Crippen LogP contribution in [0.1, 0.15) is 44.2 Å². The van der Waals surface area contributed by atoms with Crippen LogP contribution in [-0.4, -0.2) is 21.6 Å². The topological polar surface area (TPSA) is 60.9 Å². The molecular formula is C11H18BrN3O. The van der Waals surface area contributed by atoms with Gasteiger partial charge in [-0.15, -0.1) is 0 Å². The molecule has 0 saturated heterocycles. The number of ketones is 1. The van der Waals surface area contributed by atoms with Crippen molar-refractivity contribution in [3.63, 3.8) is 0 Å². The third kappa shape index (κ3) is 2.52. The van der Waals surface area contributed by atoms with Gasteiger partial charge < -0.3 is 5.73 Å². The molecule has 1 aromatic heterocycles. The van der Waals surface area contributed by atoms with Gasteiger partial charge >= 0.3 is 0 Å². The van der Waals surface area contributed by atoms with Crippen LogP contribution >= 0.6 is 15.9 Å². The Morgan fingerprint density at radius 3 is 2.44 bits per heavy atom. The van der Waals surface area contributed by atoms with Gasteiger partial charge in [0.25, 0.3) is 0 Å². The fraction of sp³-hybridized carbons (Fsp3) is 0.636. The summed E-state index contributed by atoms with van der Waals surface area (Å²) in [6.07, 6.45) is 1.64. The molecule has 0 saturated carbocycles. The number of halogens is 1. The van der Waals surface area contributed by atoms with E-state index in [2.05, 4.69) is 21.0 Å². The smallest absolute Gasteiger partial charge is 0.198 e. The molecule has 0 aliphatic rings. The summed E-state index contributed by atoms with van der Waals surface area (Å²) in [6, 6.07) is -0.338. The molecule has 1 aromatic rings. The van der Waals surface area contributed by atoms with E-state index in [1.54, 1.807) is 10.9 Å². The van der Waals surface area contributed by atoms with Gasteiger partial charge in [0.15, 0.2) is 5.78 Å². The predicted octanol–water partition coefficient (Wildman–Crippen LogP) is 2.39. The third-order valence-corrected chi connectivity index (χ3v) is 3.07. The summed E-state index contributed by atoms with van der Waals surface area (Å²) in [5.41, 5.74) is 6.44. The van der Waals surface area contributed by atoms with Gasteiger partial charge in [0.1, 0.15) is 5.69 Å². The molecule has 0 aliphatic carbocycles. The van der Waals surface area contributed by atoms with Crippen molar-refractivity contribution in [1.29, 1.82) is 0 Å². The van der Waals surface area contributed by atoms with E-state index in [4.69, 9.17) is 5.73 Å². The maximum atomic E-state index is 12.2. The molecule has 1 heterocycles. The van der Waals surface area contributed by atoms with Gasteiger partial charge in [0, 0.05) is 6.04 Å². The van der Waals surface area contributed by atoms with Gasteiger partial charge in [0.05, 0.1) is 16.7 Å². The Morgan fingerprint density at radius 2 is 2.00 bits per heavy atom. The van der Waals surface area contributed by atoms with E-state index < -0.39 is 6.04 Å². The van der Waals surface area contributed by atoms with Crippen LogP contribution in [0.3, 0.4) is 0 Å². The van der Waals surface area contributed by atoms with Gasteiger partial charge in [-0.1, -0.05) is 13.8 Å². The van der Waals surface area contributed by atoms with Crippen LogP contribution in [-0.2, 0) is 0 Å². The number of rotatable bonds is 4. The normalized spacial score (nSPS) is 13.5. The Balaban J connectivity index is 3.12. The first-order chi connectivity index (χ1) is 7.36. The van der Waals surface area contributed by atoms with E-state index in [-0.39, 0.29) is 17.7 Å². The Hall–Kier alpha value is -0.680. The zero-order chi connectivity index (χ0) is 12.5. The number of nitrogens with zero attached hydrogens (tertiary/aromatic N) is 2. The number of carbonyl (C=O) groups excluding carboxylic acids is 1. The van der Waals surface area contributed by atoms with Crippen LogP contribution in [0, 0.1) is 5.92 Å². The Kier molecular flexibility index (Phi) is 4.27. The lowest BCUT2D eigenvalue weighted by molar-refractivity contribution is 0.0927. The minimum atomic E-state index is -0.481. The quantitative estimate of drug-likeness (QED) is 0.865. The van der Waals surface area contributed by atoms with E-state index >= 15 is 0 Å². The molecule has 90 valence electrons. The minimum Gasteiger partial charge on any atom is -0.321 e. The fourth-order valence-corrected chi connectivity index (χ4v) is 1.89. The minimum absolute atomic E-state index is 0.0620. The number of nitrogens with two attached hydrogens (primary N) is 1. The molecular weight excluding hydrogens is 270 g/mol. The molecule has 2 N–H and O–H groups in total. The van der Waals surface area contributed by atoms with Crippen molar-refractivity contribution in [3.8, 4) is 0 Å². The van der Waals surface area contributed by atoms with Crippen LogP contribution in [0.5, 0.6) is 0 Å². The molecule has 1 unspecified atom stereocenters. The van der Waals surface area contributed by atoms with Gasteiger partial charge in [-0.2, -0.15) is 5.10 Å². The van der Waals surface area contributed by atoms with Gasteiger partial charge in [-0.25, -0.2) is 0 Å². The molecule has 1 rings (SSSR count). The highest BCUT2D eigenvalue weighted by atomic mass is 79.9. The molecule has 16 heavy (non-hydrogen) atoms. The van der Waals surface area contributed by atoms with Crippen LogP contribution < -0.4 is 5.73 Å². The molecule has 5 heteroatoms. The average Bonchev–Trinajstić information content (AvgIpc) is 2.57. The largest absolute Gasteiger partial charge is 0.321 e. The van der Waals surface area contributed by atoms with Crippen molar-refractivity contribution in [2.24, 2.45) is 11.7 Å². The molecule has 1 atom stereocenters. The van der Waals surface area contributed by atoms with Crippen molar-refractivity contribution in [2.45, 2.75) is 39.8 Å². The lowest BCUT2D eigenvalue weighted by atomic mass is 9.99. The first-order valence-electron chi connectivity index (χ1n) is 5.39. The summed E-state index contributed by atoms with van der Waals surface area (Å²) < 4.78 is 2.41. The second-order valence-electron chi connectivity index (χ2n) is 4.51. The molecule has 0 fully saturated rings. The highest BCUT2D eigenvalue weighted by Gasteiger charge is 2.25. The van der Waals surface area contributed by atoms with E-state index in [0.29, 0.717) is 10.2 Å². The lowest BCUT2D eigenvalue weighted by Gasteiger charge is -2.17. The van der Waals surface area contributed by atoms with E-state index in [9.17, 15) is 4.79 Å². The standard InChI is InChI=1S/C11H18BrN3O/c1-6(2)9(13)11(16)10-8(12)5-14-15(10)7(3)4/h5-7,9H,13H2,1-4H3. The number of Topliss-reactive ketones (excluding diaryl/α,β-unsaturated/α-hetero) is 1. The lowest BCUT2D eigenvalue weighted by Crippen LogP contribution is -2.37. The van der Waals surface area contributed by atoms with E-state index in [0.717, 1.165) is 0 Å². The summed E-state index contributed by atoms with van der Waals surface area (Å²) in [4.78, 5) is 12.2. The maximum Gasteiger partial charge on any atom is 0.198 e. The highest BCUT2D eigenvalue weighted by Crippen LogP contribution is 2.22. The average molecular weight is 288 g/mol. The SMILES string of the molecule is CC(C)C(N)C(=O)c1c(Br)cnn1C(C)C. The number of hydrogen-bond donors (Lipinski definition) is 1. The second kappa shape index (κ2) is 5.10. The zero-order valence-corrected chi connectivity index (χ0v) is 11.7. The van der Waals surface area contributed by atoms with Crippen LogP contribution in [0.15, 0.2) is 10.7 Å². The Bertz CT molecular complexity index is 385. The predicted molar refractivity (Wildman–Crippen MR) is 67.5 cm³/mol. The van der Waals surface area contributed by atoms with E-state index in [1.165, 1.54) is 0 Å². The van der Waals surface area contributed by atoms with Crippen molar-refractivity contribution in [1.82, 2.24) is 9.78 Å². The van der Waals surface area contributed by atoms with Gasteiger partial charge in [-0.05, 0) is 35.7 Å². The van der Waals surface area contributed by atoms with Crippen LogP contribution in [0.25, 0.3) is 0 Å². The van der Waals surface area contributed by atoms with Crippen LogP contribution in [0.2, 0.25) is 0 Å². The Labute approximate surface area is 104 Å². The molecule has 0 spiro atoms. The zero-order valence-electron chi connectivity index (χ0n) is 10.1. The maximum absolute atomic E-state index is 12.2. The van der Waals surface area contributed by atoms with Crippen molar-refractivity contribution in [2.75, 3.05) is 0 Å². The Morgan fingerprint density at radius 1 is 1.44 bits per heavy atom. The molecule has 0 radical (unpaired) electrons. The number of aromatic nitrogens is 2. The summed E-state index contributed by atoms with van der Waals surface area (Å²) >= 11 is 3.34. The first-order valence-corrected chi connectivity index (χ1v) is 6.18. The molecule has 0 aliphatic heterocycles. The highest BCUT2D eigenvalue weighted by molar-refractivity contribution is 9.10.